The molecule has 4 N–H and O–H groups in total. The molecule has 1 aromatic rings. The zero-order chi connectivity index (χ0) is 12.1. The molecule has 0 heterocycles. The van der Waals surface area contributed by atoms with Crippen LogP contribution in [0.3, 0.4) is 0 Å². The molecule has 0 fully saturated rings. The summed E-state index contributed by atoms with van der Waals surface area (Å²) >= 11 is 0. The number of carbonyl (C=O) groups is 2. The van der Waals surface area contributed by atoms with Gasteiger partial charge in [0.1, 0.15) is 0 Å². The van der Waals surface area contributed by atoms with Gasteiger partial charge in [0.05, 0.1) is 5.56 Å². The highest BCUT2D eigenvalue weighted by molar-refractivity contribution is 5.87. The number of aliphatic hydroxyl groups is 1. The number of rotatable bonds is 5. The van der Waals surface area contributed by atoms with Gasteiger partial charge in [-0.1, -0.05) is 12.1 Å². The van der Waals surface area contributed by atoms with E-state index in [-0.39, 0.29) is 12.1 Å². The summed E-state index contributed by atoms with van der Waals surface area (Å²) in [6.45, 7) is 0.0780. The lowest BCUT2D eigenvalue weighted by atomic mass is 10.1. The number of aliphatic hydroxyl groups excluding tert-OH is 1. The molecule has 0 aromatic heterocycles. The third-order valence-electron chi connectivity index (χ3n) is 1.91. The second kappa shape index (κ2) is 5.24. The molecule has 6 nitrogen and oxygen atoms in total. The van der Waals surface area contributed by atoms with Crippen molar-refractivity contribution in [2.24, 2.45) is 0 Å². The number of benzene rings is 1. The second-order valence-corrected chi connectivity index (χ2v) is 3.13. The maximum atomic E-state index is 10.6. The first-order valence-corrected chi connectivity index (χ1v) is 4.47. The maximum Gasteiger partial charge on any atom is 0.347 e. The first-order valence-electron chi connectivity index (χ1n) is 4.47. The van der Waals surface area contributed by atoms with Crippen LogP contribution < -0.4 is 5.32 Å². The summed E-state index contributed by atoms with van der Waals surface area (Å²) in [5.41, 5.74) is 0.698. The van der Waals surface area contributed by atoms with E-state index >= 15 is 0 Å². The molecular formula is C10H11NO5. The lowest BCUT2D eigenvalue weighted by molar-refractivity contribution is -0.148. The Balaban J connectivity index is 2.64. The highest BCUT2D eigenvalue weighted by Gasteiger charge is 2.11. The Hall–Kier alpha value is -1.92. The molecule has 0 radical (unpaired) electrons. The fraction of sp³-hybridized carbons (Fsp3) is 0.200. The highest BCUT2D eigenvalue weighted by atomic mass is 16.4. The number of carboxylic acids is 2. The average Bonchev–Trinajstić information content (AvgIpc) is 2.26. The lowest BCUT2D eigenvalue weighted by Crippen LogP contribution is -2.35. The molecule has 0 saturated heterocycles. The Morgan fingerprint density at radius 1 is 1.31 bits per heavy atom. The Bertz CT molecular complexity index is 404. The quantitative estimate of drug-likeness (QED) is 0.520. The molecule has 1 aromatic carbocycles. The van der Waals surface area contributed by atoms with Gasteiger partial charge in [-0.3, -0.25) is 5.32 Å². The lowest BCUT2D eigenvalue weighted by Gasteiger charge is -2.08. The molecular weight excluding hydrogens is 214 g/mol. The van der Waals surface area contributed by atoms with E-state index < -0.39 is 18.2 Å². The summed E-state index contributed by atoms with van der Waals surface area (Å²) in [5.74, 6) is -2.44. The van der Waals surface area contributed by atoms with Gasteiger partial charge in [0.2, 0.25) is 6.23 Å². The number of hydrogen-bond acceptors (Lipinski definition) is 4. The molecule has 0 saturated carbocycles. The van der Waals surface area contributed by atoms with Crippen molar-refractivity contribution in [1.29, 1.82) is 0 Å². The smallest absolute Gasteiger partial charge is 0.347 e. The Morgan fingerprint density at radius 3 is 2.56 bits per heavy atom. The van der Waals surface area contributed by atoms with Crippen LogP contribution in [-0.4, -0.2) is 33.5 Å². The topological polar surface area (TPSA) is 107 Å². The van der Waals surface area contributed by atoms with Gasteiger partial charge in [-0.2, -0.15) is 0 Å². The summed E-state index contributed by atoms with van der Waals surface area (Å²) in [4.78, 5) is 20.9. The molecule has 0 amide bonds. The molecule has 0 aliphatic rings. The molecule has 0 aliphatic carbocycles. The first kappa shape index (κ1) is 12.2. The zero-order valence-electron chi connectivity index (χ0n) is 8.25. The van der Waals surface area contributed by atoms with Crippen LogP contribution in [0, 0.1) is 0 Å². The molecule has 0 unspecified atom stereocenters. The maximum absolute atomic E-state index is 10.6. The van der Waals surface area contributed by atoms with E-state index in [0.717, 1.165) is 0 Å². The van der Waals surface area contributed by atoms with Gasteiger partial charge in [-0.15, -0.1) is 0 Å². The predicted molar refractivity (Wildman–Crippen MR) is 53.9 cm³/mol. The van der Waals surface area contributed by atoms with Crippen LogP contribution in [0.25, 0.3) is 0 Å². The van der Waals surface area contributed by atoms with Crippen molar-refractivity contribution < 1.29 is 24.9 Å². The molecule has 1 atom stereocenters. The summed E-state index contributed by atoms with van der Waals surface area (Å²) < 4.78 is 0. The van der Waals surface area contributed by atoms with Gasteiger partial charge >= 0.3 is 11.9 Å². The van der Waals surface area contributed by atoms with Crippen LogP contribution in [0.15, 0.2) is 24.3 Å². The minimum Gasteiger partial charge on any atom is -0.478 e. The van der Waals surface area contributed by atoms with E-state index in [1.807, 2.05) is 0 Å². The van der Waals surface area contributed by atoms with Gasteiger partial charge in [-0.05, 0) is 17.7 Å². The molecule has 0 aliphatic heterocycles. The minimum absolute atomic E-state index is 0.0780. The highest BCUT2D eigenvalue weighted by Crippen LogP contribution is 2.05. The van der Waals surface area contributed by atoms with Gasteiger partial charge in [0.25, 0.3) is 0 Å². The molecule has 0 bridgehead atoms. The van der Waals surface area contributed by atoms with Crippen LogP contribution in [0.2, 0.25) is 0 Å². The summed E-state index contributed by atoms with van der Waals surface area (Å²) in [6.07, 6.45) is -1.66. The van der Waals surface area contributed by atoms with E-state index in [4.69, 9.17) is 15.3 Å². The molecule has 0 spiro atoms. The SMILES string of the molecule is O=C(O)c1cccc(CN[C@H](O)C(=O)O)c1. The van der Waals surface area contributed by atoms with Crippen molar-refractivity contribution in [3.8, 4) is 0 Å². The normalized spacial score (nSPS) is 12.1. The Morgan fingerprint density at radius 2 is 2.00 bits per heavy atom. The first-order chi connectivity index (χ1) is 7.50. The van der Waals surface area contributed by atoms with Crippen molar-refractivity contribution in [3.63, 3.8) is 0 Å². The molecule has 1 rings (SSSR count). The largest absolute Gasteiger partial charge is 0.478 e. The van der Waals surface area contributed by atoms with Crippen LogP contribution >= 0.6 is 0 Å². The number of nitrogens with one attached hydrogen (secondary N) is 1. The van der Waals surface area contributed by atoms with Crippen molar-refractivity contribution >= 4 is 11.9 Å². The Labute approximate surface area is 91.1 Å². The molecule has 6 heteroatoms. The van der Waals surface area contributed by atoms with Gasteiger partial charge < -0.3 is 15.3 Å². The number of aromatic carboxylic acids is 1. The Kier molecular flexibility index (Phi) is 3.98. The number of aliphatic carboxylic acids is 1. The third-order valence-corrected chi connectivity index (χ3v) is 1.91. The number of hydrogen-bond donors (Lipinski definition) is 4. The summed E-state index contributed by atoms with van der Waals surface area (Å²) in [6, 6.07) is 6.02. The third kappa shape index (κ3) is 3.34. The van der Waals surface area contributed by atoms with Crippen molar-refractivity contribution in [2.45, 2.75) is 12.8 Å². The van der Waals surface area contributed by atoms with Gasteiger partial charge in [-0.25, -0.2) is 9.59 Å². The predicted octanol–water partition coefficient (Wildman–Crippen LogP) is -0.123. The molecule has 16 heavy (non-hydrogen) atoms. The fourth-order valence-electron chi connectivity index (χ4n) is 1.12. The molecule has 86 valence electrons. The monoisotopic (exact) mass is 225 g/mol. The summed E-state index contributed by atoms with van der Waals surface area (Å²) in [7, 11) is 0. The van der Waals surface area contributed by atoms with Crippen molar-refractivity contribution in [2.75, 3.05) is 0 Å². The van der Waals surface area contributed by atoms with E-state index in [1.54, 1.807) is 12.1 Å². The van der Waals surface area contributed by atoms with E-state index in [1.165, 1.54) is 12.1 Å². The van der Waals surface area contributed by atoms with Crippen LogP contribution in [0.5, 0.6) is 0 Å². The zero-order valence-corrected chi connectivity index (χ0v) is 8.25. The van der Waals surface area contributed by atoms with E-state index in [9.17, 15) is 9.59 Å². The van der Waals surface area contributed by atoms with E-state index in [2.05, 4.69) is 5.32 Å². The average molecular weight is 225 g/mol. The van der Waals surface area contributed by atoms with Crippen molar-refractivity contribution in [1.82, 2.24) is 5.32 Å². The van der Waals surface area contributed by atoms with Crippen LogP contribution in [0.4, 0.5) is 0 Å². The number of carboxylic acid groups (broad SMARTS) is 2. The van der Waals surface area contributed by atoms with Crippen molar-refractivity contribution in [3.05, 3.63) is 35.4 Å². The van der Waals surface area contributed by atoms with Gasteiger partial charge in [0.15, 0.2) is 0 Å². The van der Waals surface area contributed by atoms with Gasteiger partial charge in [0, 0.05) is 6.54 Å². The summed E-state index contributed by atoms with van der Waals surface area (Å²) in [5, 5.41) is 28.4. The minimum atomic E-state index is -1.66. The second-order valence-electron chi connectivity index (χ2n) is 3.13. The van der Waals surface area contributed by atoms with Crippen LogP contribution in [0.1, 0.15) is 15.9 Å². The standard InChI is InChI=1S/C10H11NO5/c12-8(10(15)16)11-5-6-2-1-3-7(4-6)9(13)14/h1-4,8,11-12H,5H2,(H,13,14)(H,15,16)/t8-/m1/s1. The van der Waals surface area contributed by atoms with Crippen LogP contribution in [-0.2, 0) is 11.3 Å². The fourth-order valence-corrected chi connectivity index (χ4v) is 1.12. The van der Waals surface area contributed by atoms with E-state index in [0.29, 0.717) is 5.56 Å².